The molecule has 2 rings (SSSR count). The second-order valence-electron chi connectivity index (χ2n) is 5.93. The summed E-state index contributed by atoms with van der Waals surface area (Å²) in [5.74, 6) is 0.973. The number of carbonyl (C=O) groups excluding carboxylic acids is 1. The Morgan fingerprint density at radius 3 is 2.75 bits per heavy atom. The van der Waals surface area contributed by atoms with E-state index in [2.05, 4.69) is 17.1 Å². The van der Waals surface area contributed by atoms with Gasteiger partial charge in [0.1, 0.15) is 0 Å². The lowest BCUT2D eigenvalue weighted by atomic mass is 9.92. The van der Waals surface area contributed by atoms with Crippen molar-refractivity contribution < 1.29 is 4.79 Å². The summed E-state index contributed by atoms with van der Waals surface area (Å²) in [7, 11) is 0. The van der Waals surface area contributed by atoms with Gasteiger partial charge in [-0.15, -0.1) is 0 Å². The fraction of sp³-hybridized carbons (Fsp3) is 0.588. The number of carbonyl (C=O) groups is 1. The van der Waals surface area contributed by atoms with Crippen molar-refractivity contribution in [3.63, 3.8) is 0 Å². The zero-order chi connectivity index (χ0) is 14.4. The van der Waals surface area contributed by atoms with E-state index in [0.29, 0.717) is 6.54 Å². The zero-order valence-electron chi connectivity index (χ0n) is 12.7. The molecular weight excluding hydrogens is 248 g/mol. The van der Waals surface area contributed by atoms with Gasteiger partial charge < -0.3 is 5.32 Å². The average Bonchev–Trinajstić information content (AvgIpc) is 2.41. The van der Waals surface area contributed by atoms with E-state index in [1.165, 1.54) is 31.2 Å². The number of rotatable bonds is 5. The van der Waals surface area contributed by atoms with Crippen molar-refractivity contribution in [2.75, 3.05) is 25.0 Å². The van der Waals surface area contributed by atoms with Crippen molar-refractivity contribution in [1.29, 1.82) is 0 Å². The van der Waals surface area contributed by atoms with Crippen molar-refractivity contribution in [2.45, 2.75) is 39.5 Å². The van der Waals surface area contributed by atoms with E-state index < -0.39 is 0 Å². The fourth-order valence-corrected chi connectivity index (χ4v) is 2.97. The smallest absolute Gasteiger partial charge is 0.238 e. The highest BCUT2D eigenvalue weighted by Crippen LogP contribution is 2.21. The van der Waals surface area contributed by atoms with Gasteiger partial charge in [0.15, 0.2) is 0 Å². The van der Waals surface area contributed by atoms with E-state index in [4.69, 9.17) is 0 Å². The molecule has 1 aliphatic heterocycles. The minimum Gasteiger partial charge on any atom is -0.325 e. The highest BCUT2D eigenvalue weighted by Gasteiger charge is 2.20. The van der Waals surface area contributed by atoms with Crippen molar-refractivity contribution in [2.24, 2.45) is 5.92 Å². The van der Waals surface area contributed by atoms with Gasteiger partial charge >= 0.3 is 0 Å². The Labute approximate surface area is 122 Å². The third-order valence-corrected chi connectivity index (χ3v) is 4.07. The standard InChI is InChI=1S/C17H26N2O/c1-3-5-15-8-10-19(11-9-15)13-17(20)18-16-7-4-6-14(2)12-16/h4,6-7,12,15H,3,5,8-11,13H2,1-2H3,(H,18,20). The molecule has 1 aromatic carbocycles. The number of nitrogens with zero attached hydrogens (tertiary/aromatic N) is 1. The molecule has 1 aliphatic rings. The van der Waals surface area contributed by atoms with Gasteiger partial charge in [-0.05, 0) is 56.5 Å². The zero-order valence-corrected chi connectivity index (χ0v) is 12.7. The van der Waals surface area contributed by atoms with E-state index in [1.54, 1.807) is 0 Å². The lowest BCUT2D eigenvalue weighted by Gasteiger charge is -2.31. The van der Waals surface area contributed by atoms with E-state index >= 15 is 0 Å². The molecule has 20 heavy (non-hydrogen) atoms. The van der Waals surface area contributed by atoms with Crippen LogP contribution in [-0.4, -0.2) is 30.4 Å². The van der Waals surface area contributed by atoms with Crippen LogP contribution in [0, 0.1) is 12.8 Å². The quantitative estimate of drug-likeness (QED) is 0.892. The number of aryl methyl sites for hydroxylation is 1. The number of benzene rings is 1. The molecule has 3 heteroatoms. The minimum atomic E-state index is 0.101. The molecule has 0 aliphatic carbocycles. The maximum absolute atomic E-state index is 12.0. The molecule has 0 aromatic heterocycles. The first-order chi connectivity index (χ1) is 9.67. The van der Waals surface area contributed by atoms with Crippen LogP contribution >= 0.6 is 0 Å². The number of hydrogen-bond donors (Lipinski definition) is 1. The van der Waals surface area contributed by atoms with Crippen molar-refractivity contribution >= 4 is 11.6 Å². The normalized spacial score (nSPS) is 17.1. The molecule has 0 radical (unpaired) electrons. The van der Waals surface area contributed by atoms with Gasteiger partial charge in [-0.2, -0.15) is 0 Å². The lowest BCUT2D eigenvalue weighted by molar-refractivity contribution is -0.117. The molecule has 3 nitrogen and oxygen atoms in total. The van der Waals surface area contributed by atoms with E-state index in [1.807, 2.05) is 31.2 Å². The monoisotopic (exact) mass is 274 g/mol. The highest BCUT2D eigenvalue weighted by atomic mass is 16.2. The molecule has 0 bridgehead atoms. The molecule has 110 valence electrons. The second-order valence-corrected chi connectivity index (χ2v) is 5.93. The second kappa shape index (κ2) is 7.44. The SMILES string of the molecule is CCCC1CCN(CC(=O)Nc2cccc(C)c2)CC1. The van der Waals surface area contributed by atoms with Crippen LogP contribution in [0.25, 0.3) is 0 Å². The van der Waals surface area contributed by atoms with Crippen molar-refractivity contribution in [3.05, 3.63) is 29.8 Å². The van der Waals surface area contributed by atoms with Crippen molar-refractivity contribution in [1.82, 2.24) is 4.90 Å². The summed E-state index contributed by atoms with van der Waals surface area (Å²) in [5, 5.41) is 2.99. The van der Waals surface area contributed by atoms with Crippen LogP contribution < -0.4 is 5.32 Å². The maximum Gasteiger partial charge on any atom is 0.238 e. The molecule has 1 fully saturated rings. The van der Waals surface area contributed by atoms with Gasteiger partial charge in [-0.3, -0.25) is 9.69 Å². The summed E-state index contributed by atoms with van der Waals surface area (Å²) in [6.07, 6.45) is 5.10. The molecule has 1 aromatic rings. The highest BCUT2D eigenvalue weighted by molar-refractivity contribution is 5.92. The largest absolute Gasteiger partial charge is 0.325 e. The van der Waals surface area contributed by atoms with Gasteiger partial charge in [0.05, 0.1) is 6.54 Å². The van der Waals surface area contributed by atoms with Crippen molar-refractivity contribution in [3.8, 4) is 0 Å². The first kappa shape index (κ1) is 15.0. The third kappa shape index (κ3) is 4.64. The first-order valence-corrected chi connectivity index (χ1v) is 7.76. The van der Waals surface area contributed by atoms with Gasteiger partial charge in [0, 0.05) is 5.69 Å². The number of amides is 1. The summed E-state index contributed by atoms with van der Waals surface area (Å²) in [6, 6.07) is 7.96. The molecule has 1 amide bonds. The Bertz CT molecular complexity index is 436. The molecular formula is C17H26N2O. The van der Waals surface area contributed by atoms with Gasteiger partial charge in [-0.25, -0.2) is 0 Å². The Kier molecular flexibility index (Phi) is 5.60. The summed E-state index contributed by atoms with van der Waals surface area (Å²) < 4.78 is 0. The number of likely N-dealkylation sites (tertiary alicyclic amines) is 1. The van der Waals surface area contributed by atoms with E-state index in [0.717, 1.165) is 24.7 Å². The topological polar surface area (TPSA) is 32.3 Å². The van der Waals surface area contributed by atoms with Crippen LogP contribution in [0.5, 0.6) is 0 Å². The fourth-order valence-electron chi connectivity index (χ4n) is 2.97. The summed E-state index contributed by atoms with van der Waals surface area (Å²) in [6.45, 7) is 6.93. The van der Waals surface area contributed by atoms with Crippen LogP contribution in [0.2, 0.25) is 0 Å². The lowest BCUT2D eigenvalue weighted by Crippen LogP contribution is -2.39. The summed E-state index contributed by atoms with van der Waals surface area (Å²) >= 11 is 0. The van der Waals surface area contributed by atoms with Crippen LogP contribution in [-0.2, 0) is 4.79 Å². The molecule has 0 saturated carbocycles. The van der Waals surface area contributed by atoms with Gasteiger partial charge in [-0.1, -0.05) is 31.9 Å². The predicted octanol–water partition coefficient (Wildman–Crippen LogP) is 3.45. The van der Waals surface area contributed by atoms with Crippen LogP contribution in [0.15, 0.2) is 24.3 Å². The van der Waals surface area contributed by atoms with Gasteiger partial charge in [0.2, 0.25) is 5.91 Å². The van der Waals surface area contributed by atoms with Crippen LogP contribution in [0.4, 0.5) is 5.69 Å². The Morgan fingerprint density at radius 2 is 2.10 bits per heavy atom. The molecule has 0 spiro atoms. The van der Waals surface area contributed by atoms with E-state index in [-0.39, 0.29) is 5.91 Å². The number of nitrogens with one attached hydrogen (secondary N) is 1. The van der Waals surface area contributed by atoms with Crippen LogP contribution in [0.1, 0.15) is 38.2 Å². The molecule has 0 unspecified atom stereocenters. The molecule has 1 saturated heterocycles. The van der Waals surface area contributed by atoms with E-state index in [9.17, 15) is 4.79 Å². The van der Waals surface area contributed by atoms with Crippen LogP contribution in [0.3, 0.4) is 0 Å². The number of piperidine rings is 1. The summed E-state index contributed by atoms with van der Waals surface area (Å²) in [4.78, 5) is 14.3. The minimum absolute atomic E-state index is 0.101. The molecule has 0 atom stereocenters. The predicted molar refractivity (Wildman–Crippen MR) is 83.9 cm³/mol. The molecule has 1 N–H and O–H groups in total. The molecule has 1 heterocycles. The Morgan fingerprint density at radius 1 is 1.35 bits per heavy atom. The summed E-state index contributed by atoms with van der Waals surface area (Å²) in [5.41, 5.74) is 2.07. The number of anilines is 1. The first-order valence-electron chi connectivity index (χ1n) is 7.76. The average molecular weight is 274 g/mol. The Hall–Kier alpha value is -1.35. The maximum atomic E-state index is 12.0. The number of hydrogen-bond acceptors (Lipinski definition) is 2. The van der Waals surface area contributed by atoms with Gasteiger partial charge in [0.25, 0.3) is 0 Å². The third-order valence-electron chi connectivity index (χ3n) is 4.07. The Balaban J connectivity index is 1.75.